The summed E-state index contributed by atoms with van der Waals surface area (Å²) in [6.45, 7) is 16.8. The molecule has 1 aliphatic heterocycles. The molecule has 0 aliphatic carbocycles. The number of allylic oxidation sites excluding steroid dienone is 2. The number of rotatable bonds is 7. The maximum atomic E-state index is 8.80. The minimum absolute atomic E-state index is 0.218. The largest absolute Gasteiger partial charge is 0.490 e. The molecule has 0 unspecified atom stereocenters. The Balaban J connectivity index is 2.95. The highest BCUT2D eigenvalue weighted by atomic mass is 28.4. The van der Waals surface area contributed by atoms with Crippen LogP contribution in [0.15, 0.2) is 11.5 Å². The molecule has 0 amide bonds. The molecule has 0 spiro atoms. The van der Waals surface area contributed by atoms with Crippen molar-refractivity contribution in [1.82, 2.24) is 0 Å². The molecule has 1 heterocycles. The molecule has 1 saturated heterocycles. The van der Waals surface area contributed by atoms with E-state index >= 15 is 0 Å². The summed E-state index contributed by atoms with van der Waals surface area (Å²) in [6.07, 6.45) is 3.57. The van der Waals surface area contributed by atoms with Crippen molar-refractivity contribution in [2.75, 3.05) is 0 Å². The Morgan fingerprint density at radius 3 is 2.17 bits per heavy atom. The zero-order valence-corrected chi connectivity index (χ0v) is 17.0. The Labute approximate surface area is 143 Å². The van der Waals surface area contributed by atoms with Crippen molar-refractivity contribution in [2.24, 2.45) is 0 Å². The summed E-state index contributed by atoms with van der Waals surface area (Å²) in [5, 5.41) is 8.80. The number of hydrogen-bond acceptors (Lipinski definition) is 4. The van der Waals surface area contributed by atoms with Gasteiger partial charge in [0.2, 0.25) is 0 Å². The van der Waals surface area contributed by atoms with Crippen LogP contribution in [-0.2, 0) is 13.7 Å². The first-order chi connectivity index (χ1) is 10.4. The lowest BCUT2D eigenvalue weighted by Crippen LogP contribution is -2.41. The summed E-state index contributed by atoms with van der Waals surface area (Å²) in [7, 11) is -2.21. The summed E-state index contributed by atoms with van der Waals surface area (Å²) in [5.41, 5.74) is 0.420. The van der Waals surface area contributed by atoms with E-state index in [2.05, 4.69) is 66.8 Å². The molecular formula is C17H32BNO3Si. The van der Waals surface area contributed by atoms with E-state index in [0.717, 1.165) is 17.9 Å². The Bertz CT molecular complexity index is 465. The lowest BCUT2D eigenvalue weighted by atomic mass is 9.78. The third-order valence-electron chi connectivity index (χ3n) is 4.40. The van der Waals surface area contributed by atoms with Crippen molar-refractivity contribution in [2.45, 2.75) is 90.8 Å². The van der Waals surface area contributed by atoms with E-state index in [1.165, 1.54) is 0 Å². The topological polar surface area (TPSA) is 51.5 Å². The fourth-order valence-electron chi connectivity index (χ4n) is 2.74. The third kappa shape index (κ3) is 5.75. The van der Waals surface area contributed by atoms with E-state index < -0.39 is 8.32 Å². The molecule has 0 aromatic heterocycles. The molecule has 0 atom stereocenters. The average Bonchev–Trinajstić information content (AvgIpc) is 2.55. The molecule has 4 nitrogen and oxygen atoms in total. The lowest BCUT2D eigenvalue weighted by molar-refractivity contribution is 0.00578. The molecule has 1 rings (SSSR count). The van der Waals surface area contributed by atoms with Crippen molar-refractivity contribution in [3.05, 3.63) is 11.5 Å². The van der Waals surface area contributed by atoms with Gasteiger partial charge in [-0.15, -0.1) is 0 Å². The first-order valence-corrected chi connectivity index (χ1v) is 11.6. The highest BCUT2D eigenvalue weighted by Crippen LogP contribution is 2.40. The smallest absolute Gasteiger partial charge is 0.415 e. The number of nitrogens with zero attached hydrogens (tertiary/aromatic N) is 1. The van der Waals surface area contributed by atoms with E-state index in [1.54, 1.807) is 0 Å². The second kappa shape index (κ2) is 7.52. The van der Waals surface area contributed by atoms with Crippen LogP contribution in [0.5, 0.6) is 0 Å². The second-order valence-corrected chi connectivity index (χ2v) is 12.3. The second-order valence-electron chi connectivity index (χ2n) is 8.17. The van der Waals surface area contributed by atoms with Gasteiger partial charge in [-0.2, -0.15) is 5.26 Å². The normalized spacial score (nSPS) is 20.9. The van der Waals surface area contributed by atoms with Crippen molar-refractivity contribution in [3.8, 4) is 6.07 Å². The van der Waals surface area contributed by atoms with Gasteiger partial charge in [0, 0.05) is 12.5 Å². The standard InChI is InChI=1S/C17H32BNO3Si/c1-14(2)20-23(7,8)13-15(11-9-10-12-19)18-21-16(3,4)17(5,6)22-18/h11,14H,9-10,13H2,1-8H3/b15-11+. The molecule has 0 aromatic carbocycles. The number of unbranched alkanes of at least 4 members (excludes halogenated alkanes) is 1. The highest BCUT2D eigenvalue weighted by Gasteiger charge is 2.52. The van der Waals surface area contributed by atoms with Crippen LogP contribution in [-0.4, -0.2) is 32.7 Å². The fourth-order valence-corrected chi connectivity index (χ4v) is 5.39. The minimum Gasteiger partial charge on any atom is -0.415 e. The fraction of sp³-hybridized carbons (Fsp3) is 0.824. The molecule has 1 fully saturated rings. The van der Waals surface area contributed by atoms with Gasteiger partial charge < -0.3 is 13.7 Å². The summed E-state index contributed by atoms with van der Waals surface area (Å²) in [6, 6.07) is 3.05. The Kier molecular flexibility index (Phi) is 6.68. The molecule has 0 radical (unpaired) electrons. The van der Waals surface area contributed by atoms with Crippen molar-refractivity contribution < 1.29 is 13.7 Å². The molecule has 130 valence electrons. The van der Waals surface area contributed by atoms with Gasteiger partial charge in [-0.05, 0) is 72.6 Å². The van der Waals surface area contributed by atoms with Gasteiger partial charge in [-0.1, -0.05) is 6.08 Å². The van der Waals surface area contributed by atoms with Crippen LogP contribution in [0.3, 0.4) is 0 Å². The summed E-state index contributed by atoms with van der Waals surface area (Å²) in [5.74, 6) is 0. The SMILES string of the molecule is CC(C)O[Si](C)(C)C/C(=C\CCC#N)B1OC(C)(C)C(C)(C)O1. The van der Waals surface area contributed by atoms with E-state index in [4.69, 9.17) is 19.0 Å². The Morgan fingerprint density at radius 2 is 1.74 bits per heavy atom. The number of hydrogen-bond donors (Lipinski definition) is 0. The Hall–Kier alpha value is -0.608. The van der Waals surface area contributed by atoms with E-state index in [-0.39, 0.29) is 24.4 Å². The summed E-state index contributed by atoms with van der Waals surface area (Å²) < 4.78 is 18.6. The van der Waals surface area contributed by atoms with Crippen LogP contribution in [0.4, 0.5) is 0 Å². The van der Waals surface area contributed by atoms with E-state index in [9.17, 15) is 0 Å². The number of nitriles is 1. The molecule has 0 bridgehead atoms. The molecule has 1 aliphatic rings. The van der Waals surface area contributed by atoms with Crippen LogP contribution in [0, 0.1) is 11.3 Å². The van der Waals surface area contributed by atoms with Crippen molar-refractivity contribution in [1.29, 1.82) is 5.26 Å². The van der Waals surface area contributed by atoms with Gasteiger partial charge in [0.25, 0.3) is 0 Å². The monoisotopic (exact) mass is 337 g/mol. The quantitative estimate of drug-likeness (QED) is 0.508. The van der Waals surface area contributed by atoms with Gasteiger partial charge in [0.1, 0.15) is 0 Å². The van der Waals surface area contributed by atoms with Gasteiger partial charge in [-0.3, -0.25) is 0 Å². The molecule has 23 heavy (non-hydrogen) atoms. The maximum Gasteiger partial charge on any atom is 0.490 e. The van der Waals surface area contributed by atoms with Crippen molar-refractivity contribution >= 4 is 15.4 Å². The molecular weight excluding hydrogens is 305 g/mol. The Morgan fingerprint density at radius 1 is 1.22 bits per heavy atom. The van der Waals surface area contributed by atoms with Crippen LogP contribution in [0.2, 0.25) is 19.1 Å². The van der Waals surface area contributed by atoms with Crippen LogP contribution >= 0.6 is 0 Å². The summed E-state index contributed by atoms with van der Waals surface area (Å²) in [4.78, 5) is 0. The first kappa shape index (κ1) is 20.4. The molecule has 0 aromatic rings. The van der Waals surface area contributed by atoms with Gasteiger partial charge >= 0.3 is 7.12 Å². The zero-order valence-electron chi connectivity index (χ0n) is 16.0. The minimum atomic E-state index is -1.86. The zero-order chi connectivity index (χ0) is 17.9. The molecule has 0 N–H and O–H groups in total. The maximum absolute atomic E-state index is 8.80. The predicted octanol–water partition coefficient (Wildman–Crippen LogP) is 4.48. The van der Waals surface area contributed by atoms with Crippen LogP contribution in [0.1, 0.15) is 54.4 Å². The van der Waals surface area contributed by atoms with E-state index in [0.29, 0.717) is 6.42 Å². The third-order valence-corrected chi connectivity index (χ3v) is 6.77. The van der Waals surface area contributed by atoms with Crippen molar-refractivity contribution in [3.63, 3.8) is 0 Å². The van der Waals surface area contributed by atoms with Gasteiger partial charge in [-0.25, -0.2) is 0 Å². The summed E-state index contributed by atoms with van der Waals surface area (Å²) >= 11 is 0. The highest BCUT2D eigenvalue weighted by molar-refractivity contribution is 6.74. The van der Waals surface area contributed by atoms with Gasteiger partial charge in [0.05, 0.1) is 17.3 Å². The predicted molar refractivity (Wildman–Crippen MR) is 97.5 cm³/mol. The van der Waals surface area contributed by atoms with Gasteiger partial charge in [0.15, 0.2) is 8.32 Å². The molecule has 0 saturated carbocycles. The van der Waals surface area contributed by atoms with Crippen LogP contribution < -0.4 is 0 Å². The molecule has 6 heteroatoms. The average molecular weight is 337 g/mol. The lowest BCUT2D eigenvalue weighted by Gasteiger charge is -2.32. The van der Waals surface area contributed by atoms with Crippen LogP contribution in [0.25, 0.3) is 0 Å². The van der Waals surface area contributed by atoms with E-state index in [1.807, 2.05) is 0 Å². The first-order valence-electron chi connectivity index (χ1n) is 8.49.